The Kier molecular flexibility index (Phi) is 5.21. The van der Waals surface area contributed by atoms with E-state index < -0.39 is 5.91 Å². The van der Waals surface area contributed by atoms with Crippen molar-refractivity contribution < 1.29 is 23.8 Å². The number of benzene rings is 1. The normalized spacial score (nSPS) is 17.9. The van der Waals surface area contributed by atoms with Gasteiger partial charge in [-0.05, 0) is 19.1 Å². The first-order valence-corrected chi connectivity index (χ1v) is 7.02. The standard InChI is InChI=1S/C15H20N2O5/c1-10-8-17(6-7-21-10)13(18)9-22-14-11(15(16)19)4-3-5-12(14)20-2/h3-5,10H,6-9H2,1-2H3,(H2,16,19). The fourth-order valence-corrected chi connectivity index (χ4v) is 2.29. The van der Waals surface area contributed by atoms with Crippen LogP contribution in [0.2, 0.25) is 0 Å². The molecule has 2 rings (SSSR count). The van der Waals surface area contributed by atoms with Gasteiger partial charge < -0.3 is 24.8 Å². The van der Waals surface area contributed by atoms with E-state index in [2.05, 4.69) is 0 Å². The third-order valence-electron chi connectivity index (χ3n) is 3.40. The molecule has 1 aromatic rings. The Morgan fingerprint density at radius 1 is 1.45 bits per heavy atom. The van der Waals surface area contributed by atoms with Gasteiger partial charge in [-0.3, -0.25) is 9.59 Å². The van der Waals surface area contributed by atoms with Crippen LogP contribution in [0.1, 0.15) is 17.3 Å². The average molecular weight is 308 g/mol. The van der Waals surface area contributed by atoms with E-state index in [0.717, 1.165) is 0 Å². The molecule has 1 atom stereocenters. The van der Waals surface area contributed by atoms with Gasteiger partial charge in [0.05, 0.1) is 25.4 Å². The van der Waals surface area contributed by atoms with Crippen LogP contribution in [0.25, 0.3) is 0 Å². The van der Waals surface area contributed by atoms with Gasteiger partial charge in [0, 0.05) is 13.1 Å². The summed E-state index contributed by atoms with van der Waals surface area (Å²) in [6, 6.07) is 4.81. The number of morpholine rings is 1. The summed E-state index contributed by atoms with van der Waals surface area (Å²) < 4.78 is 16.1. The predicted octanol–water partition coefficient (Wildman–Crippen LogP) is 0.420. The number of hydrogen-bond acceptors (Lipinski definition) is 5. The molecule has 1 heterocycles. The van der Waals surface area contributed by atoms with Crippen molar-refractivity contribution in [2.45, 2.75) is 13.0 Å². The first-order valence-electron chi connectivity index (χ1n) is 7.02. The van der Waals surface area contributed by atoms with Gasteiger partial charge in [-0.2, -0.15) is 0 Å². The Labute approximate surface area is 128 Å². The molecule has 120 valence electrons. The molecule has 0 bridgehead atoms. The number of primary amides is 1. The van der Waals surface area contributed by atoms with Gasteiger partial charge in [0.1, 0.15) is 0 Å². The van der Waals surface area contributed by atoms with E-state index in [1.54, 1.807) is 17.0 Å². The summed E-state index contributed by atoms with van der Waals surface area (Å²) in [5.41, 5.74) is 5.50. The van der Waals surface area contributed by atoms with Gasteiger partial charge in [-0.15, -0.1) is 0 Å². The van der Waals surface area contributed by atoms with Gasteiger partial charge >= 0.3 is 0 Å². The van der Waals surface area contributed by atoms with E-state index in [4.69, 9.17) is 19.9 Å². The highest BCUT2D eigenvalue weighted by atomic mass is 16.5. The monoisotopic (exact) mass is 308 g/mol. The number of amides is 2. The highest BCUT2D eigenvalue weighted by Gasteiger charge is 2.23. The van der Waals surface area contributed by atoms with Crippen molar-refractivity contribution in [3.05, 3.63) is 23.8 Å². The topological polar surface area (TPSA) is 91.1 Å². The second-order valence-electron chi connectivity index (χ2n) is 5.01. The number of para-hydroxylation sites is 1. The average Bonchev–Trinajstić information content (AvgIpc) is 2.52. The summed E-state index contributed by atoms with van der Waals surface area (Å²) >= 11 is 0. The Morgan fingerprint density at radius 2 is 2.23 bits per heavy atom. The van der Waals surface area contributed by atoms with Crippen molar-refractivity contribution in [2.24, 2.45) is 5.73 Å². The smallest absolute Gasteiger partial charge is 0.260 e. The zero-order valence-corrected chi connectivity index (χ0v) is 12.7. The van der Waals surface area contributed by atoms with Gasteiger partial charge in [-0.1, -0.05) is 6.07 Å². The summed E-state index contributed by atoms with van der Waals surface area (Å²) in [6.07, 6.45) is 0.00476. The Balaban J connectivity index is 2.07. The van der Waals surface area contributed by atoms with Gasteiger partial charge in [0.2, 0.25) is 0 Å². The van der Waals surface area contributed by atoms with E-state index >= 15 is 0 Å². The van der Waals surface area contributed by atoms with Gasteiger partial charge in [-0.25, -0.2) is 0 Å². The lowest BCUT2D eigenvalue weighted by atomic mass is 10.2. The number of nitrogens with two attached hydrogens (primary N) is 1. The van der Waals surface area contributed by atoms with Crippen LogP contribution in [-0.2, 0) is 9.53 Å². The van der Waals surface area contributed by atoms with Gasteiger partial charge in [0.15, 0.2) is 18.1 Å². The molecule has 0 saturated carbocycles. The molecule has 2 amide bonds. The lowest BCUT2D eigenvalue weighted by molar-refractivity contribution is -0.140. The first-order chi connectivity index (χ1) is 10.5. The summed E-state index contributed by atoms with van der Waals surface area (Å²) in [7, 11) is 1.46. The molecule has 0 aliphatic carbocycles. The number of nitrogens with zero attached hydrogens (tertiary/aromatic N) is 1. The number of carbonyl (C=O) groups excluding carboxylic acids is 2. The molecule has 2 N–H and O–H groups in total. The molecular formula is C15H20N2O5. The van der Waals surface area contributed by atoms with E-state index in [1.165, 1.54) is 13.2 Å². The van der Waals surface area contributed by atoms with Crippen molar-refractivity contribution in [2.75, 3.05) is 33.4 Å². The van der Waals surface area contributed by atoms with E-state index in [0.29, 0.717) is 25.4 Å². The molecule has 0 radical (unpaired) electrons. The fraction of sp³-hybridized carbons (Fsp3) is 0.467. The van der Waals surface area contributed by atoms with Crippen LogP contribution in [0.3, 0.4) is 0 Å². The van der Waals surface area contributed by atoms with Crippen LogP contribution in [0.5, 0.6) is 11.5 Å². The fourth-order valence-electron chi connectivity index (χ4n) is 2.29. The molecule has 1 fully saturated rings. The molecular weight excluding hydrogens is 288 g/mol. The van der Waals surface area contributed by atoms with Crippen LogP contribution < -0.4 is 15.2 Å². The van der Waals surface area contributed by atoms with Crippen LogP contribution in [0.4, 0.5) is 0 Å². The minimum absolute atomic E-state index is 0.00476. The van der Waals surface area contributed by atoms with Crippen molar-refractivity contribution >= 4 is 11.8 Å². The maximum Gasteiger partial charge on any atom is 0.260 e. The van der Waals surface area contributed by atoms with Crippen LogP contribution in [0, 0.1) is 0 Å². The second-order valence-corrected chi connectivity index (χ2v) is 5.01. The van der Waals surface area contributed by atoms with E-state index in [-0.39, 0.29) is 29.9 Å². The zero-order valence-electron chi connectivity index (χ0n) is 12.7. The number of methoxy groups -OCH3 is 1. The molecule has 7 nitrogen and oxygen atoms in total. The largest absolute Gasteiger partial charge is 0.493 e. The van der Waals surface area contributed by atoms with Crippen LogP contribution in [-0.4, -0.2) is 56.2 Å². The SMILES string of the molecule is COc1cccc(C(N)=O)c1OCC(=O)N1CCOC(C)C1. The molecule has 1 saturated heterocycles. The summed E-state index contributed by atoms with van der Waals surface area (Å²) in [5.74, 6) is -0.260. The molecule has 7 heteroatoms. The maximum absolute atomic E-state index is 12.2. The summed E-state index contributed by atoms with van der Waals surface area (Å²) in [4.78, 5) is 25.3. The van der Waals surface area contributed by atoms with Gasteiger partial charge in [0.25, 0.3) is 11.8 Å². The number of hydrogen-bond donors (Lipinski definition) is 1. The highest BCUT2D eigenvalue weighted by Crippen LogP contribution is 2.30. The number of rotatable bonds is 5. The second kappa shape index (κ2) is 7.13. The Morgan fingerprint density at radius 3 is 2.86 bits per heavy atom. The third kappa shape index (κ3) is 3.67. The quantitative estimate of drug-likeness (QED) is 0.851. The molecule has 0 spiro atoms. The number of ether oxygens (including phenoxy) is 3. The third-order valence-corrected chi connectivity index (χ3v) is 3.40. The van der Waals surface area contributed by atoms with Crippen LogP contribution >= 0.6 is 0 Å². The van der Waals surface area contributed by atoms with E-state index in [1.807, 2.05) is 6.92 Å². The van der Waals surface area contributed by atoms with Crippen molar-refractivity contribution in [1.82, 2.24) is 4.90 Å². The molecule has 1 unspecified atom stereocenters. The minimum Gasteiger partial charge on any atom is -0.493 e. The predicted molar refractivity (Wildman–Crippen MR) is 79.0 cm³/mol. The minimum atomic E-state index is -0.638. The molecule has 0 aromatic heterocycles. The van der Waals surface area contributed by atoms with Crippen molar-refractivity contribution in [3.8, 4) is 11.5 Å². The zero-order chi connectivity index (χ0) is 16.1. The Bertz CT molecular complexity index is 561. The Hall–Kier alpha value is -2.28. The van der Waals surface area contributed by atoms with Crippen molar-refractivity contribution in [3.63, 3.8) is 0 Å². The molecule has 1 aromatic carbocycles. The lowest BCUT2D eigenvalue weighted by Crippen LogP contribution is -2.46. The highest BCUT2D eigenvalue weighted by molar-refractivity contribution is 5.96. The molecule has 1 aliphatic rings. The molecule has 1 aliphatic heterocycles. The summed E-state index contributed by atoms with van der Waals surface area (Å²) in [5, 5.41) is 0. The lowest BCUT2D eigenvalue weighted by Gasteiger charge is -2.31. The molecule has 22 heavy (non-hydrogen) atoms. The van der Waals surface area contributed by atoms with E-state index in [9.17, 15) is 9.59 Å². The van der Waals surface area contributed by atoms with Crippen molar-refractivity contribution in [1.29, 1.82) is 0 Å². The maximum atomic E-state index is 12.2. The van der Waals surface area contributed by atoms with Crippen LogP contribution in [0.15, 0.2) is 18.2 Å². The number of carbonyl (C=O) groups is 2. The summed E-state index contributed by atoms with van der Waals surface area (Å²) in [6.45, 7) is 3.28. The first kappa shape index (κ1) is 16.1.